The summed E-state index contributed by atoms with van der Waals surface area (Å²) >= 11 is 0. The molecule has 1 aromatic rings. The van der Waals surface area contributed by atoms with Crippen LogP contribution in [0.4, 0.5) is 10.5 Å². The number of nitrogens with zero attached hydrogens (tertiary/aromatic N) is 1. The van der Waals surface area contributed by atoms with Crippen LogP contribution in [0.15, 0.2) is 30.3 Å². The Hall–Kier alpha value is -2.04. The average Bonchev–Trinajstić information content (AvgIpc) is 2.53. The van der Waals surface area contributed by atoms with Crippen LogP contribution in [0.2, 0.25) is 0 Å². The van der Waals surface area contributed by atoms with E-state index >= 15 is 0 Å². The molecule has 1 atom stereocenters. The molecule has 1 saturated heterocycles. The van der Waals surface area contributed by atoms with Crippen LogP contribution in [0.3, 0.4) is 0 Å². The van der Waals surface area contributed by atoms with E-state index in [2.05, 4.69) is 24.5 Å². The van der Waals surface area contributed by atoms with Gasteiger partial charge in [0.1, 0.15) is 0 Å². The first-order valence-corrected chi connectivity index (χ1v) is 7.95. The van der Waals surface area contributed by atoms with Gasteiger partial charge in [0, 0.05) is 25.3 Å². The maximum absolute atomic E-state index is 12.3. The molecular formula is C17H25N3O2. The van der Waals surface area contributed by atoms with Gasteiger partial charge in [0.25, 0.3) is 0 Å². The smallest absolute Gasteiger partial charge is 0.321 e. The number of hydrogen-bond donors (Lipinski definition) is 2. The summed E-state index contributed by atoms with van der Waals surface area (Å²) in [4.78, 5) is 26.2. The molecule has 5 heteroatoms. The van der Waals surface area contributed by atoms with E-state index in [9.17, 15) is 9.59 Å². The van der Waals surface area contributed by atoms with E-state index in [1.165, 1.54) is 0 Å². The first-order chi connectivity index (χ1) is 10.6. The third-order valence-electron chi connectivity index (χ3n) is 3.79. The van der Waals surface area contributed by atoms with Crippen LogP contribution >= 0.6 is 0 Å². The number of nitrogens with one attached hydrogen (secondary N) is 2. The first kappa shape index (κ1) is 16.3. The quantitative estimate of drug-likeness (QED) is 0.898. The van der Waals surface area contributed by atoms with Gasteiger partial charge in [0.05, 0.1) is 5.92 Å². The van der Waals surface area contributed by atoms with Crippen molar-refractivity contribution in [2.45, 2.75) is 26.7 Å². The molecule has 1 unspecified atom stereocenters. The molecule has 1 aliphatic rings. The Morgan fingerprint density at radius 1 is 1.27 bits per heavy atom. The number of hydrogen-bond acceptors (Lipinski definition) is 2. The summed E-state index contributed by atoms with van der Waals surface area (Å²) in [6, 6.07) is 9.25. The number of benzene rings is 1. The Morgan fingerprint density at radius 3 is 2.68 bits per heavy atom. The molecule has 2 N–H and O–H groups in total. The number of anilines is 1. The number of urea groups is 1. The molecule has 0 radical (unpaired) electrons. The van der Waals surface area contributed by atoms with Crippen LogP contribution in [-0.4, -0.2) is 36.5 Å². The fourth-order valence-electron chi connectivity index (χ4n) is 2.55. The minimum atomic E-state index is -0.132. The molecular weight excluding hydrogens is 278 g/mol. The van der Waals surface area contributed by atoms with E-state index in [0.29, 0.717) is 25.6 Å². The second-order valence-corrected chi connectivity index (χ2v) is 6.22. The fourth-order valence-corrected chi connectivity index (χ4v) is 2.55. The summed E-state index contributed by atoms with van der Waals surface area (Å²) in [5.74, 6) is 0.393. The molecule has 120 valence electrons. The van der Waals surface area contributed by atoms with Crippen LogP contribution < -0.4 is 10.6 Å². The van der Waals surface area contributed by atoms with Crippen LogP contribution in [0.25, 0.3) is 0 Å². The van der Waals surface area contributed by atoms with Gasteiger partial charge >= 0.3 is 6.03 Å². The number of amides is 3. The second kappa shape index (κ2) is 7.82. The lowest BCUT2D eigenvalue weighted by Gasteiger charge is -2.32. The molecule has 1 heterocycles. The number of likely N-dealkylation sites (tertiary alicyclic amines) is 1. The van der Waals surface area contributed by atoms with Gasteiger partial charge < -0.3 is 15.5 Å². The first-order valence-electron chi connectivity index (χ1n) is 7.95. The maximum Gasteiger partial charge on any atom is 0.321 e. The molecule has 1 fully saturated rings. The highest BCUT2D eigenvalue weighted by Gasteiger charge is 2.28. The number of carbonyl (C=O) groups excluding carboxylic acids is 2. The third-order valence-corrected chi connectivity index (χ3v) is 3.79. The van der Waals surface area contributed by atoms with E-state index < -0.39 is 0 Å². The Balaban J connectivity index is 1.87. The van der Waals surface area contributed by atoms with Crippen molar-refractivity contribution in [3.05, 3.63) is 30.3 Å². The topological polar surface area (TPSA) is 61.4 Å². The van der Waals surface area contributed by atoms with E-state index in [1.54, 1.807) is 4.90 Å². The summed E-state index contributed by atoms with van der Waals surface area (Å²) in [6.07, 6.45) is 1.71. The van der Waals surface area contributed by atoms with Gasteiger partial charge in [-0.1, -0.05) is 32.0 Å². The fraction of sp³-hybridized carbons (Fsp3) is 0.529. The molecule has 0 spiro atoms. The summed E-state index contributed by atoms with van der Waals surface area (Å²) in [6.45, 7) is 6.02. The summed E-state index contributed by atoms with van der Waals surface area (Å²) in [7, 11) is 0. The van der Waals surface area contributed by atoms with Crippen molar-refractivity contribution in [1.82, 2.24) is 10.2 Å². The summed E-state index contributed by atoms with van der Waals surface area (Å²) in [5, 5.41) is 5.84. The van der Waals surface area contributed by atoms with Crippen molar-refractivity contribution in [2.24, 2.45) is 11.8 Å². The van der Waals surface area contributed by atoms with E-state index in [0.717, 1.165) is 18.5 Å². The highest BCUT2D eigenvalue weighted by atomic mass is 16.2. The van der Waals surface area contributed by atoms with Crippen LogP contribution in [0, 0.1) is 11.8 Å². The number of piperidine rings is 1. The molecule has 0 saturated carbocycles. The van der Waals surface area contributed by atoms with Gasteiger partial charge in [0.2, 0.25) is 5.91 Å². The lowest BCUT2D eigenvalue weighted by atomic mass is 9.97. The van der Waals surface area contributed by atoms with Crippen molar-refractivity contribution in [3.63, 3.8) is 0 Å². The zero-order chi connectivity index (χ0) is 15.9. The summed E-state index contributed by atoms with van der Waals surface area (Å²) in [5.41, 5.74) is 0.777. The van der Waals surface area contributed by atoms with Crippen LogP contribution in [-0.2, 0) is 4.79 Å². The number of rotatable bonds is 4. The van der Waals surface area contributed by atoms with E-state index in [1.807, 2.05) is 30.3 Å². The monoisotopic (exact) mass is 303 g/mol. The Labute approximate surface area is 132 Å². The van der Waals surface area contributed by atoms with Gasteiger partial charge in [-0.15, -0.1) is 0 Å². The van der Waals surface area contributed by atoms with E-state index in [-0.39, 0.29) is 17.9 Å². The van der Waals surface area contributed by atoms with Crippen molar-refractivity contribution < 1.29 is 9.59 Å². The van der Waals surface area contributed by atoms with Crippen molar-refractivity contribution in [3.8, 4) is 0 Å². The summed E-state index contributed by atoms with van der Waals surface area (Å²) < 4.78 is 0. The number of carbonyl (C=O) groups is 2. The molecule has 2 rings (SSSR count). The SMILES string of the molecule is CC(C)CNC(=O)C1CCCN(C(=O)Nc2ccccc2)C1. The molecule has 3 amide bonds. The Kier molecular flexibility index (Phi) is 5.81. The van der Waals surface area contributed by atoms with Gasteiger partial charge in [0.15, 0.2) is 0 Å². The van der Waals surface area contributed by atoms with Gasteiger partial charge in [-0.3, -0.25) is 4.79 Å². The van der Waals surface area contributed by atoms with Crippen molar-refractivity contribution >= 4 is 17.6 Å². The largest absolute Gasteiger partial charge is 0.356 e. The zero-order valence-electron chi connectivity index (χ0n) is 13.3. The lowest BCUT2D eigenvalue weighted by molar-refractivity contribution is -0.126. The molecule has 0 aromatic heterocycles. The lowest BCUT2D eigenvalue weighted by Crippen LogP contribution is -2.47. The van der Waals surface area contributed by atoms with Crippen molar-refractivity contribution in [1.29, 1.82) is 0 Å². The minimum Gasteiger partial charge on any atom is -0.356 e. The molecule has 22 heavy (non-hydrogen) atoms. The van der Waals surface area contributed by atoms with Gasteiger partial charge in [-0.05, 0) is 30.9 Å². The second-order valence-electron chi connectivity index (χ2n) is 6.22. The highest BCUT2D eigenvalue weighted by Crippen LogP contribution is 2.18. The predicted molar refractivity (Wildman–Crippen MR) is 87.6 cm³/mol. The van der Waals surface area contributed by atoms with Gasteiger partial charge in [-0.25, -0.2) is 4.79 Å². The Bertz CT molecular complexity index is 502. The zero-order valence-corrected chi connectivity index (χ0v) is 13.3. The van der Waals surface area contributed by atoms with Gasteiger partial charge in [-0.2, -0.15) is 0 Å². The maximum atomic E-state index is 12.3. The van der Waals surface area contributed by atoms with Crippen LogP contribution in [0.1, 0.15) is 26.7 Å². The molecule has 5 nitrogen and oxygen atoms in total. The molecule has 0 bridgehead atoms. The predicted octanol–water partition coefficient (Wildman–Crippen LogP) is 2.70. The third kappa shape index (κ3) is 4.76. The van der Waals surface area contributed by atoms with E-state index in [4.69, 9.17) is 0 Å². The average molecular weight is 303 g/mol. The highest BCUT2D eigenvalue weighted by molar-refractivity contribution is 5.90. The van der Waals surface area contributed by atoms with Crippen LogP contribution in [0.5, 0.6) is 0 Å². The normalized spacial score (nSPS) is 18.1. The van der Waals surface area contributed by atoms with Crippen molar-refractivity contribution in [2.75, 3.05) is 25.0 Å². The Morgan fingerprint density at radius 2 is 2.00 bits per heavy atom. The molecule has 1 aliphatic heterocycles. The standard InChI is InChI=1S/C17H25N3O2/c1-13(2)11-18-16(21)14-7-6-10-20(12-14)17(22)19-15-8-4-3-5-9-15/h3-5,8-9,13-14H,6-7,10-12H2,1-2H3,(H,18,21)(H,19,22). The molecule has 1 aromatic carbocycles. The minimum absolute atomic E-state index is 0.0610. The molecule has 0 aliphatic carbocycles. The number of para-hydroxylation sites is 1.